The second-order valence-electron chi connectivity index (χ2n) is 6.99. The van der Waals surface area contributed by atoms with Crippen molar-refractivity contribution in [2.24, 2.45) is 0 Å². The molecular formula is C24H27NO3. The summed E-state index contributed by atoms with van der Waals surface area (Å²) in [7, 11) is 0. The van der Waals surface area contributed by atoms with Crippen molar-refractivity contribution in [1.29, 1.82) is 0 Å². The van der Waals surface area contributed by atoms with E-state index in [4.69, 9.17) is 4.74 Å². The molecule has 1 aliphatic heterocycles. The van der Waals surface area contributed by atoms with Crippen molar-refractivity contribution >= 4 is 17.9 Å². The average molecular weight is 377 g/mol. The van der Waals surface area contributed by atoms with Crippen LogP contribution in [0.1, 0.15) is 30.4 Å². The van der Waals surface area contributed by atoms with Gasteiger partial charge < -0.3 is 9.84 Å². The van der Waals surface area contributed by atoms with E-state index in [-0.39, 0.29) is 11.5 Å². The largest absolute Gasteiger partial charge is 0.508 e. The summed E-state index contributed by atoms with van der Waals surface area (Å²) in [5, 5.41) is 9.44. The van der Waals surface area contributed by atoms with Crippen LogP contribution in [0.5, 0.6) is 11.5 Å². The van der Waals surface area contributed by atoms with Gasteiger partial charge in [-0.05, 0) is 73.5 Å². The van der Waals surface area contributed by atoms with Gasteiger partial charge in [0.1, 0.15) is 18.1 Å². The first-order valence-corrected chi connectivity index (χ1v) is 9.83. The molecule has 146 valence electrons. The zero-order chi connectivity index (χ0) is 19.6. The Morgan fingerprint density at radius 2 is 1.64 bits per heavy atom. The van der Waals surface area contributed by atoms with Gasteiger partial charge in [0.15, 0.2) is 5.78 Å². The summed E-state index contributed by atoms with van der Waals surface area (Å²) in [5.74, 6) is 0.893. The lowest BCUT2D eigenvalue weighted by Gasteiger charge is -2.26. The van der Waals surface area contributed by atoms with Crippen molar-refractivity contribution in [2.75, 3.05) is 26.2 Å². The van der Waals surface area contributed by atoms with Crippen molar-refractivity contribution < 1.29 is 14.6 Å². The van der Waals surface area contributed by atoms with Crippen molar-refractivity contribution in [3.05, 3.63) is 71.8 Å². The summed E-state index contributed by atoms with van der Waals surface area (Å²) in [4.78, 5) is 14.5. The Bertz CT molecular complexity index is 835. The van der Waals surface area contributed by atoms with Gasteiger partial charge >= 0.3 is 0 Å². The van der Waals surface area contributed by atoms with Crippen LogP contribution in [-0.4, -0.2) is 42.0 Å². The van der Waals surface area contributed by atoms with Crippen LogP contribution in [0.25, 0.3) is 12.2 Å². The molecule has 1 saturated heterocycles. The smallest absolute Gasteiger partial charge is 0.178 e. The lowest BCUT2D eigenvalue weighted by Crippen LogP contribution is -2.33. The summed E-state index contributed by atoms with van der Waals surface area (Å²) in [6.45, 7) is 3.98. The molecule has 28 heavy (non-hydrogen) atoms. The second-order valence-corrected chi connectivity index (χ2v) is 6.99. The molecule has 0 radical (unpaired) electrons. The summed E-state index contributed by atoms with van der Waals surface area (Å²) in [6, 6.07) is 14.5. The topological polar surface area (TPSA) is 49.8 Å². The molecule has 2 aromatic rings. The number of carbonyl (C=O) groups is 1. The van der Waals surface area contributed by atoms with Crippen molar-refractivity contribution in [3.8, 4) is 11.5 Å². The standard InChI is InChI=1S/C24H27NO3/c26-22(12-10-20-6-4-8-23(27)18-20)13-11-21-7-5-9-24(19-21)28-17-16-25-14-2-1-3-15-25/h4-13,18-19,27H,1-3,14-17H2/b12-10+,13-11+. The van der Waals surface area contributed by atoms with E-state index in [2.05, 4.69) is 4.90 Å². The highest BCUT2D eigenvalue weighted by atomic mass is 16.5. The number of piperidine rings is 1. The van der Waals surface area contributed by atoms with E-state index in [0.29, 0.717) is 6.61 Å². The van der Waals surface area contributed by atoms with Gasteiger partial charge in [-0.2, -0.15) is 0 Å². The Hall–Kier alpha value is -2.85. The highest BCUT2D eigenvalue weighted by molar-refractivity contribution is 6.04. The highest BCUT2D eigenvalue weighted by Gasteiger charge is 2.09. The lowest BCUT2D eigenvalue weighted by atomic mass is 10.1. The Labute approximate surface area is 166 Å². The minimum Gasteiger partial charge on any atom is -0.508 e. The van der Waals surface area contributed by atoms with Gasteiger partial charge in [-0.1, -0.05) is 42.8 Å². The third kappa shape index (κ3) is 6.71. The summed E-state index contributed by atoms with van der Waals surface area (Å²) < 4.78 is 5.87. The zero-order valence-electron chi connectivity index (χ0n) is 16.1. The molecule has 0 aliphatic carbocycles. The molecule has 0 unspecified atom stereocenters. The number of ether oxygens (including phenoxy) is 1. The fourth-order valence-corrected chi connectivity index (χ4v) is 3.22. The number of phenols is 1. The van der Waals surface area contributed by atoms with Gasteiger partial charge in [0.25, 0.3) is 0 Å². The van der Waals surface area contributed by atoms with Crippen LogP contribution in [0.3, 0.4) is 0 Å². The van der Waals surface area contributed by atoms with E-state index in [1.54, 1.807) is 30.4 Å². The van der Waals surface area contributed by atoms with Gasteiger partial charge in [-0.25, -0.2) is 0 Å². The molecule has 4 nitrogen and oxygen atoms in total. The van der Waals surface area contributed by atoms with E-state index in [1.165, 1.54) is 44.5 Å². The number of carbonyl (C=O) groups excluding carboxylic acids is 1. The Morgan fingerprint density at radius 3 is 2.36 bits per heavy atom. The third-order valence-corrected chi connectivity index (χ3v) is 4.73. The molecule has 0 atom stereocenters. The number of allylic oxidation sites excluding steroid dienone is 2. The van der Waals surface area contributed by atoms with Crippen LogP contribution in [0.15, 0.2) is 60.7 Å². The lowest BCUT2D eigenvalue weighted by molar-refractivity contribution is -0.110. The number of phenolic OH excluding ortho intramolecular Hbond substituents is 1. The molecule has 0 amide bonds. The molecule has 0 spiro atoms. The molecule has 4 heteroatoms. The average Bonchev–Trinajstić information content (AvgIpc) is 2.72. The minimum absolute atomic E-state index is 0.111. The van der Waals surface area contributed by atoms with Crippen LogP contribution in [0.2, 0.25) is 0 Å². The zero-order valence-corrected chi connectivity index (χ0v) is 16.1. The van der Waals surface area contributed by atoms with Gasteiger partial charge in [0.2, 0.25) is 0 Å². The Balaban J connectivity index is 1.49. The minimum atomic E-state index is -0.111. The molecule has 1 fully saturated rings. The molecular weight excluding hydrogens is 350 g/mol. The van der Waals surface area contributed by atoms with Gasteiger partial charge in [-0.3, -0.25) is 9.69 Å². The normalized spacial score (nSPS) is 15.3. The number of aromatic hydroxyl groups is 1. The maximum absolute atomic E-state index is 12.0. The number of hydrogen-bond acceptors (Lipinski definition) is 4. The molecule has 2 aromatic carbocycles. The van der Waals surface area contributed by atoms with Gasteiger partial charge in [-0.15, -0.1) is 0 Å². The molecule has 0 saturated carbocycles. The van der Waals surface area contributed by atoms with Crippen LogP contribution < -0.4 is 4.74 Å². The summed E-state index contributed by atoms with van der Waals surface area (Å²) in [5.41, 5.74) is 1.71. The van der Waals surface area contributed by atoms with E-state index in [9.17, 15) is 9.90 Å². The molecule has 1 heterocycles. The quantitative estimate of drug-likeness (QED) is 0.686. The predicted molar refractivity (Wildman–Crippen MR) is 113 cm³/mol. The SMILES string of the molecule is O=C(/C=C/c1cccc(O)c1)/C=C/c1cccc(OCCN2CCCCC2)c1. The first kappa shape index (κ1) is 19.9. The molecule has 0 aromatic heterocycles. The summed E-state index contributed by atoms with van der Waals surface area (Å²) >= 11 is 0. The van der Waals surface area contributed by atoms with E-state index in [0.717, 1.165) is 23.4 Å². The third-order valence-electron chi connectivity index (χ3n) is 4.73. The fourth-order valence-electron chi connectivity index (χ4n) is 3.22. The first-order chi connectivity index (χ1) is 13.7. The first-order valence-electron chi connectivity index (χ1n) is 9.83. The number of hydrogen-bond donors (Lipinski definition) is 1. The Morgan fingerprint density at radius 1 is 0.964 bits per heavy atom. The van der Waals surface area contributed by atoms with Crippen molar-refractivity contribution in [2.45, 2.75) is 19.3 Å². The van der Waals surface area contributed by atoms with E-state index >= 15 is 0 Å². The maximum atomic E-state index is 12.0. The maximum Gasteiger partial charge on any atom is 0.178 e. The molecule has 1 N–H and O–H groups in total. The van der Waals surface area contributed by atoms with Crippen molar-refractivity contribution in [3.63, 3.8) is 0 Å². The molecule has 0 bridgehead atoms. The van der Waals surface area contributed by atoms with Crippen LogP contribution in [-0.2, 0) is 4.79 Å². The second kappa shape index (κ2) is 10.5. The van der Waals surface area contributed by atoms with E-state index in [1.807, 2.05) is 30.3 Å². The van der Waals surface area contributed by atoms with Crippen LogP contribution in [0.4, 0.5) is 0 Å². The van der Waals surface area contributed by atoms with Crippen molar-refractivity contribution in [1.82, 2.24) is 4.90 Å². The number of benzene rings is 2. The van der Waals surface area contributed by atoms with Gasteiger partial charge in [0.05, 0.1) is 0 Å². The number of ketones is 1. The number of rotatable bonds is 8. The molecule has 3 rings (SSSR count). The van der Waals surface area contributed by atoms with Crippen LogP contribution in [0, 0.1) is 0 Å². The Kier molecular flexibility index (Phi) is 7.44. The number of likely N-dealkylation sites (tertiary alicyclic amines) is 1. The monoisotopic (exact) mass is 377 g/mol. The van der Waals surface area contributed by atoms with Gasteiger partial charge in [0, 0.05) is 6.54 Å². The highest BCUT2D eigenvalue weighted by Crippen LogP contribution is 2.16. The number of nitrogens with zero attached hydrogens (tertiary/aromatic N) is 1. The fraction of sp³-hybridized carbons (Fsp3) is 0.292. The molecule has 1 aliphatic rings. The predicted octanol–water partition coefficient (Wildman–Crippen LogP) is 4.55. The van der Waals surface area contributed by atoms with Crippen LogP contribution >= 0.6 is 0 Å². The van der Waals surface area contributed by atoms with E-state index < -0.39 is 0 Å². The summed E-state index contributed by atoms with van der Waals surface area (Å²) in [6.07, 6.45) is 10.4.